The second kappa shape index (κ2) is 11.0. The molecule has 0 amide bonds. The van der Waals surface area contributed by atoms with E-state index in [1.165, 1.54) is 0 Å². The summed E-state index contributed by atoms with van der Waals surface area (Å²) in [6, 6.07) is 3.52. The number of allylic oxidation sites excluding steroid dienone is 2. The molecule has 0 aliphatic heterocycles. The summed E-state index contributed by atoms with van der Waals surface area (Å²) < 4.78 is 42.7. The Morgan fingerprint density at radius 3 is 1.59 bits per heavy atom. The van der Waals surface area contributed by atoms with Crippen molar-refractivity contribution in [3.05, 3.63) is 90.2 Å². The van der Waals surface area contributed by atoms with Crippen LogP contribution in [-0.2, 0) is 12.8 Å². The van der Waals surface area contributed by atoms with Crippen molar-refractivity contribution in [2.75, 3.05) is 0 Å². The predicted molar refractivity (Wildman–Crippen MR) is 154 cm³/mol. The first-order valence-corrected chi connectivity index (χ1v) is 13.7. The molecule has 2 aliphatic rings. The van der Waals surface area contributed by atoms with Gasteiger partial charge in [0.05, 0.1) is 5.57 Å². The van der Waals surface area contributed by atoms with Crippen LogP contribution in [0.3, 0.4) is 0 Å². The Balaban J connectivity index is 2.17. The summed E-state index contributed by atoms with van der Waals surface area (Å²) in [7, 11) is 0. The van der Waals surface area contributed by atoms with E-state index in [1.807, 2.05) is 0 Å². The Bertz CT molecular complexity index is 2110. The van der Waals surface area contributed by atoms with Crippen LogP contribution in [0.25, 0.3) is 42.9 Å². The van der Waals surface area contributed by atoms with Crippen LogP contribution in [0.4, 0.5) is 13.2 Å². The number of alkyl halides is 3. The molecule has 0 spiro atoms. The summed E-state index contributed by atoms with van der Waals surface area (Å²) >= 11 is -0.420. The van der Waals surface area contributed by atoms with Crippen molar-refractivity contribution >= 4 is 22.2 Å². The van der Waals surface area contributed by atoms with Crippen molar-refractivity contribution in [1.82, 2.24) is 29.9 Å². The molecule has 1 aromatic carbocycles. The molecule has 0 bridgehead atoms. The van der Waals surface area contributed by atoms with Gasteiger partial charge in [0.15, 0.2) is 11.6 Å². The molecule has 2 heterocycles. The Hall–Kier alpha value is -5.44. The number of benzene rings is 1. The highest BCUT2D eigenvalue weighted by atomic mass is 32.2. The monoisotopic (exact) mass is 608 g/mol. The molecule has 0 radical (unpaired) electrons. The van der Waals surface area contributed by atoms with E-state index in [2.05, 4.69) is 39.6 Å². The van der Waals surface area contributed by atoms with Crippen molar-refractivity contribution in [2.24, 2.45) is 0 Å². The van der Waals surface area contributed by atoms with Crippen LogP contribution in [0.5, 0.6) is 0 Å². The van der Waals surface area contributed by atoms with Crippen LogP contribution in [-0.4, -0.2) is 35.4 Å². The maximum Gasteiger partial charge on any atom is 0.523 e. The largest absolute Gasteiger partial charge is 0.523 e. The van der Waals surface area contributed by atoms with E-state index in [-0.39, 0.29) is 51.6 Å². The summed E-state index contributed by atoms with van der Waals surface area (Å²) in [5.74, 6) is 1.49. The fourth-order valence-corrected chi connectivity index (χ4v) is 6.54. The molecule has 5 rings (SSSR count). The van der Waals surface area contributed by atoms with Gasteiger partial charge in [0.2, 0.25) is 0 Å². The number of nitriles is 2. The number of fused-ring (bicyclic) bond motifs is 2. The number of thioether (sulfide) groups is 1. The van der Waals surface area contributed by atoms with E-state index < -0.39 is 22.8 Å². The molecule has 44 heavy (non-hydrogen) atoms. The van der Waals surface area contributed by atoms with Gasteiger partial charge in [-0.25, -0.2) is 29.9 Å². The summed E-state index contributed by atoms with van der Waals surface area (Å²) in [6.45, 7) is 23.6. The van der Waals surface area contributed by atoms with Gasteiger partial charge in [0.1, 0.15) is 54.2 Å². The summed E-state index contributed by atoms with van der Waals surface area (Å²) in [5, 5.41) is 20.2. The standard InChI is InChI=1S/C30H19F3N10S/c1-12-18(27(36-6)37-7)8-20-22(12)24(28-40-13(2)38-14(3)41-28)21-9-19(17(10-34)11-35)26(44-30(31,32)33)23(21)25(20)29-42-15(4)39-16(5)43-29/h8-9H2,1-5H3. The summed E-state index contributed by atoms with van der Waals surface area (Å²) in [4.78, 5) is 33.1. The van der Waals surface area contributed by atoms with Gasteiger partial charge < -0.3 is 0 Å². The maximum absolute atomic E-state index is 14.2. The third kappa shape index (κ3) is 5.06. The average Bonchev–Trinajstić information content (AvgIpc) is 3.45. The van der Waals surface area contributed by atoms with Gasteiger partial charge in [-0.1, -0.05) is 0 Å². The number of hydrogen-bond acceptors (Lipinski definition) is 9. The molecular weight excluding hydrogens is 589 g/mol. The van der Waals surface area contributed by atoms with Gasteiger partial charge in [0.25, 0.3) is 0 Å². The second-order valence-electron chi connectivity index (χ2n) is 9.92. The number of aryl methyl sites for hydroxylation is 4. The SMILES string of the molecule is [C-]#[N+]C([N+]#[C-])=C1Cc2c(-c3nc(C)nc(C)n3)c3c(c(-c4nc(C)nc(C)n4)c2=C1C)CC(=C(C#N)C#N)C=3SC(F)(F)F. The second-order valence-corrected chi connectivity index (χ2v) is 11.0. The molecule has 0 unspecified atom stereocenters. The van der Waals surface area contributed by atoms with E-state index in [9.17, 15) is 23.7 Å². The first-order chi connectivity index (χ1) is 20.8. The molecule has 10 nitrogen and oxygen atoms in total. The fraction of sp³-hybridized carbons (Fsp3) is 0.267. The van der Waals surface area contributed by atoms with Crippen LogP contribution in [0.2, 0.25) is 0 Å². The normalized spacial score (nSPS) is 13.5. The van der Waals surface area contributed by atoms with Gasteiger partial charge in [-0.3, -0.25) is 0 Å². The molecule has 2 aromatic heterocycles. The Morgan fingerprint density at radius 2 is 1.16 bits per heavy atom. The van der Waals surface area contributed by atoms with Crippen LogP contribution in [0.1, 0.15) is 41.3 Å². The van der Waals surface area contributed by atoms with E-state index >= 15 is 0 Å². The molecule has 14 heteroatoms. The van der Waals surface area contributed by atoms with Crippen molar-refractivity contribution in [3.63, 3.8) is 0 Å². The molecule has 2 aliphatic carbocycles. The Kier molecular flexibility index (Phi) is 7.51. The zero-order valence-corrected chi connectivity index (χ0v) is 24.7. The average molecular weight is 609 g/mol. The molecule has 0 saturated heterocycles. The van der Waals surface area contributed by atoms with Crippen molar-refractivity contribution in [1.29, 1.82) is 10.5 Å². The van der Waals surface area contributed by atoms with E-state index in [1.54, 1.807) is 46.8 Å². The lowest BCUT2D eigenvalue weighted by molar-refractivity contribution is -0.0318. The first-order valence-electron chi connectivity index (χ1n) is 12.9. The molecule has 0 saturated carbocycles. The zero-order valence-electron chi connectivity index (χ0n) is 23.9. The van der Waals surface area contributed by atoms with Crippen LogP contribution < -0.4 is 10.4 Å². The van der Waals surface area contributed by atoms with Crippen molar-refractivity contribution in [2.45, 2.75) is 53.0 Å². The molecule has 0 fully saturated rings. The highest BCUT2D eigenvalue weighted by molar-refractivity contribution is 8.09. The van der Waals surface area contributed by atoms with E-state index in [0.717, 1.165) is 0 Å². The smallest absolute Gasteiger partial charge is 0.219 e. The van der Waals surface area contributed by atoms with E-state index in [4.69, 9.17) is 13.1 Å². The first kappa shape index (κ1) is 30.0. The van der Waals surface area contributed by atoms with Gasteiger partial charge >= 0.3 is 11.3 Å². The molecule has 3 aromatic rings. The summed E-state index contributed by atoms with van der Waals surface area (Å²) in [6.07, 6.45) is -0.187. The lowest BCUT2D eigenvalue weighted by Crippen LogP contribution is -2.26. The lowest BCUT2D eigenvalue weighted by Gasteiger charge is -2.16. The maximum atomic E-state index is 14.2. The van der Waals surface area contributed by atoms with Crippen LogP contribution in [0, 0.1) is 63.5 Å². The Labute approximate surface area is 253 Å². The Morgan fingerprint density at radius 1 is 0.727 bits per heavy atom. The van der Waals surface area contributed by atoms with Crippen molar-refractivity contribution in [3.8, 4) is 34.9 Å². The van der Waals surface area contributed by atoms with Crippen LogP contribution in [0.15, 0.2) is 22.5 Å². The highest BCUT2D eigenvalue weighted by Crippen LogP contribution is 2.46. The third-order valence-electron chi connectivity index (χ3n) is 7.13. The molecular formula is C30H19F3N10S. The third-order valence-corrected chi connectivity index (χ3v) is 8.02. The minimum atomic E-state index is -4.78. The van der Waals surface area contributed by atoms with Gasteiger partial charge in [-0.15, -0.1) is 0 Å². The number of rotatable bonds is 3. The van der Waals surface area contributed by atoms with Gasteiger partial charge in [-0.2, -0.15) is 33.4 Å². The number of hydrogen-bond donors (Lipinski definition) is 0. The number of halogens is 3. The fourth-order valence-electron chi connectivity index (χ4n) is 5.69. The van der Waals surface area contributed by atoms with Gasteiger partial charge in [-0.05, 0) is 80.3 Å². The number of aromatic nitrogens is 6. The van der Waals surface area contributed by atoms with Crippen molar-refractivity contribution < 1.29 is 13.2 Å². The molecule has 0 N–H and O–H groups in total. The minimum absolute atomic E-state index is 0.0239. The summed E-state index contributed by atoms with van der Waals surface area (Å²) in [5.41, 5.74) is -2.91. The molecule has 0 atom stereocenters. The topological polar surface area (TPSA) is 134 Å². The predicted octanol–water partition coefficient (Wildman–Crippen LogP) is 4.66. The van der Waals surface area contributed by atoms with Gasteiger partial charge in [0, 0.05) is 27.7 Å². The van der Waals surface area contributed by atoms with E-state index in [0.29, 0.717) is 56.4 Å². The quantitative estimate of drug-likeness (QED) is 0.307. The number of nitrogens with zero attached hydrogens (tertiary/aromatic N) is 10. The lowest BCUT2D eigenvalue weighted by atomic mass is 9.92. The minimum Gasteiger partial charge on any atom is -0.219 e. The van der Waals surface area contributed by atoms with Crippen LogP contribution >= 0.6 is 11.8 Å². The molecule has 216 valence electrons. The highest BCUT2D eigenvalue weighted by Gasteiger charge is 2.40. The zero-order chi connectivity index (χ0) is 32.1.